The van der Waals surface area contributed by atoms with Crippen molar-refractivity contribution < 1.29 is 0 Å². The summed E-state index contributed by atoms with van der Waals surface area (Å²) < 4.78 is 6.17. The zero-order valence-electron chi connectivity index (χ0n) is 12.3. The van der Waals surface area contributed by atoms with Gasteiger partial charge in [0.1, 0.15) is 18.3 Å². The number of nitrogens with zero attached hydrogens (tertiary/aromatic N) is 7. The number of aryl methyl sites for hydroxylation is 3. The van der Waals surface area contributed by atoms with Crippen LogP contribution in [0.15, 0.2) is 31.1 Å². The lowest BCUT2D eigenvalue weighted by atomic mass is 10.3. The Balaban J connectivity index is 1.57. The maximum absolute atomic E-state index is 4.72. The number of hydrogen-bond acceptors (Lipinski definition) is 5. The van der Waals surface area contributed by atoms with Gasteiger partial charge in [0.15, 0.2) is 5.82 Å². The minimum absolute atomic E-state index is 0.811. The first-order chi connectivity index (χ1) is 10.9. The van der Waals surface area contributed by atoms with Crippen molar-refractivity contribution >= 4 is 0 Å². The van der Waals surface area contributed by atoms with Crippen LogP contribution in [0.1, 0.15) is 12.1 Å². The van der Waals surface area contributed by atoms with E-state index in [9.17, 15) is 0 Å². The zero-order chi connectivity index (χ0) is 14.8. The highest BCUT2D eigenvalue weighted by Crippen LogP contribution is 2.19. The van der Waals surface area contributed by atoms with E-state index in [-0.39, 0.29) is 0 Å². The SMILES string of the molecule is c1cn(CCn2cnnc2)c(-c2cc3n(n2)CCCNC3)n1. The number of aromatic nitrogens is 7. The molecule has 1 aliphatic heterocycles. The molecular weight excluding hydrogens is 280 g/mol. The molecule has 0 saturated carbocycles. The van der Waals surface area contributed by atoms with E-state index in [0.717, 1.165) is 50.7 Å². The molecule has 1 aliphatic rings. The average Bonchev–Trinajstić information content (AvgIpc) is 3.24. The van der Waals surface area contributed by atoms with Crippen LogP contribution in [0.4, 0.5) is 0 Å². The summed E-state index contributed by atoms with van der Waals surface area (Å²) in [6.45, 7) is 4.50. The third-order valence-corrected chi connectivity index (χ3v) is 3.90. The van der Waals surface area contributed by atoms with E-state index in [2.05, 4.69) is 35.8 Å². The Kier molecular flexibility index (Phi) is 3.43. The van der Waals surface area contributed by atoms with Crippen LogP contribution >= 0.6 is 0 Å². The van der Waals surface area contributed by atoms with Crippen LogP contribution in [-0.4, -0.2) is 40.6 Å². The van der Waals surface area contributed by atoms with Gasteiger partial charge in [0.2, 0.25) is 0 Å². The van der Waals surface area contributed by atoms with Crippen LogP contribution in [0.2, 0.25) is 0 Å². The standard InChI is InChI=1S/C14H18N8/c1-2-15-9-12-8-13(19-22(12)4-1)14-16-3-5-21(14)7-6-20-10-17-18-11-20/h3,5,8,10-11,15H,1-2,4,6-7,9H2. The predicted octanol–water partition coefficient (Wildman–Crippen LogP) is 0.532. The Hall–Kier alpha value is -2.48. The van der Waals surface area contributed by atoms with E-state index >= 15 is 0 Å². The second-order valence-corrected chi connectivity index (χ2v) is 5.42. The predicted molar refractivity (Wildman–Crippen MR) is 79.8 cm³/mol. The lowest BCUT2D eigenvalue weighted by Crippen LogP contribution is -2.11. The fourth-order valence-electron chi connectivity index (χ4n) is 2.75. The van der Waals surface area contributed by atoms with E-state index in [1.807, 2.05) is 17.0 Å². The van der Waals surface area contributed by atoms with E-state index in [1.165, 1.54) is 5.69 Å². The molecule has 0 fully saturated rings. The second kappa shape index (κ2) is 5.72. The largest absolute Gasteiger partial charge is 0.328 e. The summed E-state index contributed by atoms with van der Waals surface area (Å²) in [5, 5.41) is 15.8. The Morgan fingerprint density at radius 3 is 3.00 bits per heavy atom. The monoisotopic (exact) mass is 298 g/mol. The highest BCUT2D eigenvalue weighted by Gasteiger charge is 2.15. The van der Waals surface area contributed by atoms with Crippen LogP contribution in [0.25, 0.3) is 11.5 Å². The molecule has 0 atom stereocenters. The van der Waals surface area contributed by atoms with Crippen molar-refractivity contribution in [3.05, 3.63) is 36.8 Å². The molecule has 114 valence electrons. The van der Waals surface area contributed by atoms with E-state index < -0.39 is 0 Å². The van der Waals surface area contributed by atoms with Gasteiger partial charge in [-0.3, -0.25) is 4.68 Å². The summed E-state index contributed by atoms with van der Waals surface area (Å²) in [5.74, 6) is 0.911. The van der Waals surface area contributed by atoms with Crippen LogP contribution < -0.4 is 5.32 Å². The topological polar surface area (TPSA) is 78.4 Å². The summed E-state index contributed by atoms with van der Waals surface area (Å²) in [4.78, 5) is 4.48. The maximum atomic E-state index is 4.72. The fourth-order valence-corrected chi connectivity index (χ4v) is 2.75. The van der Waals surface area contributed by atoms with Crippen LogP contribution in [0, 0.1) is 0 Å². The van der Waals surface area contributed by atoms with Gasteiger partial charge >= 0.3 is 0 Å². The Morgan fingerprint density at radius 2 is 2.09 bits per heavy atom. The summed E-state index contributed by atoms with van der Waals surface area (Å²) in [6, 6.07) is 2.13. The molecule has 3 aromatic heterocycles. The van der Waals surface area contributed by atoms with Gasteiger partial charge in [0, 0.05) is 38.6 Å². The third kappa shape index (κ3) is 2.52. The van der Waals surface area contributed by atoms with Gasteiger partial charge in [-0.15, -0.1) is 10.2 Å². The molecule has 0 amide bonds. The van der Waals surface area contributed by atoms with E-state index in [4.69, 9.17) is 5.10 Å². The molecule has 0 unspecified atom stereocenters. The Labute approximate surface area is 127 Å². The molecule has 0 aromatic carbocycles. The normalized spacial score (nSPS) is 14.7. The molecule has 8 heteroatoms. The lowest BCUT2D eigenvalue weighted by molar-refractivity contribution is 0.574. The fraction of sp³-hybridized carbons (Fsp3) is 0.429. The van der Waals surface area contributed by atoms with Gasteiger partial charge in [-0.05, 0) is 19.0 Å². The molecular formula is C14H18N8. The Bertz CT molecular complexity index is 715. The number of fused-ring (bicyclic) bond motifs is 1. The minimum atomic E-state index is 0.811. The molecule has 22 heavy (non-hydrogen) atoms. The number of imidazole rings is 1. The van der Waals surface area contributed by atoms with Crippen molar-refractivity contribution in [1.82, 2.24) is 39.4 Å². The molecule has 1 N–H and O–H groups in total. The molecule has 3 aromatic rings. The number of rotatable bonds is 4. The molecule has 4 heterocycles. The van der Waals surface area contributed by atoms with Gasteiger partial charge < -0.3 is 14.5 Å². The quantitative estimate of drug-likeness (QED) is 0.760. The van der Waals surface area contributed by atoms with Crippen molar-refractivity contribution in [2.75, 3.05) is 6.54 Å². The van der Waals surface area contributed by atoms with Gasteiger partial charge in [-0.2, -0.15) is 5.10 Å². The summed E-state index contributed by atoms with van der Waals surface area (Å²) in [6.07, 6.45) is 8.37. The number of hydrogen-bond donors (Lipinski definition) is 1. The smallest absolute Gasteiger partial charge is 0.160 e. The van der Waals surface area contributed by atoms with E-state index in [1.54, 1.807) is 12.7 Å². The maximum Gasteiger partial charge on any atom is 0.160 e. The molecule has 0 spiro atoms. The van der Waals surface area contributed by atoms with Gasteiger partial charge in [-0.1, -0.05) is 0 Å². The van der Waals surface area contributed by atoms with Gasteiger partial charge in [0.05, 0.1) is 5.69 Å². The summed E-state index contributed by atoms with van der Waals surface area (Å²) >= 11 is 0. The van der Waals surface area contributed by atoms with Gasteiger partial charge in [-0.25, -0.2) is 4.98 Å². The summed E-state index contributed by atoms with van der Waals surface area (Å²) in [7, 11) is 0. The minimum Gasteiger partial charge on any atom is -0.328 e. The average molecular weight is 298 g/mol. The molecule has 0 radical (unpaired) electrons. The van der Waals surface area contributed by atoms with Crippen molar-refractivity contribution in [1.29, 1.82) is 0 Å². The van der Waals surface area contributed by atoms with Crippen LogP contribution in [0.5, 0.6) is 0 Å². The second-order valence-electron chi connectivity index (χ2n) is 5.42. The molecule has 4 rings (SSSR count). The van der Waals surface area contributed by atoms with Crippen molar-refractivity contribution in [3.63, 3.8) is 0 Å². The van der Waals surface area contributed by atoms with Crippen LogP contribution in [0.3, 0.4) is 0 Å². The molecule has 0 saturated heterocycles. The molecule has 0 aliphatic carbocycles. The molecule has 0 bridgehead atoms. The Morgan fingerprint density at radius 1 is 1.18 bits per heavy atom. The first kappa shape index (κ1) is 13.2. The highest BCUT2D eigenvalue weighted by atomic mass is 15.3. The highest BCUT2D eigenvalue weighted by molar-refractivity contribution is 5.50. The third-order valence-electron chi connectivity index (χ3n) is 3.90. The van der Waals surface area contributed by atoms with Crippen molar-refractivity contribution in [2.45, 2.75) is 32.6 Å². The zero-order valence-corrected chi connectivity index (χ0v) is 12.3. The number of nitrogens with one attached hydrogen (secondary N) is 1. The van der Waals surface area contributed by atoms with Crippen molar-refractivity contribution in [3.8, 4) is 11.5 Å². The lowest BCUT2D eigenvalue weighted by Gasteiger charge is -2.06. The molecule has 8 nitrogen and oxygen atoms in total. The van der Waals surface area contributed by atoms with Crippen LogP contribution in [-0.2, 0) is 26.2 Å². The summed E-state index contributed by atoms with van der Waals surface area (Å²) in [5.41, 5.74) is 2.16. The van der Waals surface area contributed by atoms with Gasteiger partial charge in [0.25, 0.3) is 0 Å². The first-order valence-corrected chi connectivity index (χ1v) is 7.51. The first-order valence-electron chi connectivity index (χ1n) is 7.51. The van der Waals surface area contributed by atoms with E-state index in [0.29, 0.717) is 0 Å². The van der Waals surface area contributed by atoms with Crippen molar-refractivity contribution in [2.24, 2.45) is 0 Å².